The summed E-state index contributed by atoms with van der Waals surface area (Å²) in [6.45, 7) is 0. The molecule has 11 heavy (non-hydrogen) atoms. The van der Waals surface area contributed by atoms with Crippen molar-refractivity contribution in [2.75, 3.05) is 0 Å². The van der Waals surface area contributed by atoms with Crippen LogP contribution >= 0.6 is 23.8 Å². The molecule has 0 aliphatic rings. The zero-order valence-electron chi connectivity index (χ0n) is 5.14. The topological polar surface area (TPSA) is 62.5 Å². The molecule has 1 aromatic rings. The van der Waals surface area contributed by atoms with Crippen LogP contribution in [0, 0.1) is 0 Å². The summed E-state index contributed by atoms with van der Waals surface area (Å²) in [5.41, 5.74) is 0.185. The number of carboxylic acid groups (broad SMARTS) is 1. The molecule has 0 radical (unpaired) electrons. The van der Waals surface area contributed by atoms with Crippen LogP contribution in [0.1, 0.15) is 10.5 Å². The smallest absolute Gasteiger partial charge is 0.357 e. The summed E-state index contributed by atoms with van der Waals surface area (Å²) < 4.78 is 3.60. The highest BCUT2D eigenvalue weighted by atomic mass is 32.1. The van der Waals surface area contributed by atoms with Crippen LogP contribution in [0.25, 0.3) is 0 Å². The van der Waals surface area contributed by atoms with E-state index in [-0.39, 0.29) is 11.4 Å². The van der Waals surface area contributed by atoms with Crippen molar-refractivity contribution in [3.8, 4) is 0 Å². The Bertz CT molecular complexity index is 310. The van der Waals surface area contributed by atoms with Gasteiger partial charge in [-0.15, -0.1) is 0 Å². The third kappa shape index (κ3) is 1.68. The molecule has 1 rings (SSSR count). The molecule has 1 aromatic heterocycles. The molecule has 0 aliphatic carbocycles. The number of thiocarbonyl (C=S) groups is 1. The first-order valence-electron chi connectivity index (χ1n) is 2.51. The van der Waals surface area contributed by atoms with Gasteiger partial charge in [0, 0.05) is 5.38 Å². The molecule has 6 heteroatoms. The second kappa shape index (κ2) is 3.34. The van der Waals surface area contributed by atoms with Crippen LogP contribution < -0.4 is 0 Å². The number of aromatic carboxylic acids is 1. The first-order valence-corrected chi connectivity index (χ1v) is 3.75. The van der Waals surface area contributed by atoms with Gasteiger partial charge in [-0.2, -0.15) is 9.37 Å². The average Bonchev–Trinajstić information content (AvgIpc) is 2.36. The minimum absolute atomic E-state index is 0.0765. The van der Waals surface area contributed by atoms with Gasteiger partial charge in [-0.3, -0.25) is 0 Å². The van der Waals surface area contributed by atoms with Crippen LogP contribution in [-0.4, -0.2) is 20.6 Å². The lowest BCUT2D eigenvalue weighted by atomic mass is 10.4. The monoisotopic (exact) mass is 186 g/mol. The summed E-state index contributed by atoms with van der Waals surface area (Å²) in [4.78, 5) is 13.9. The molecule has 0 aromatic carbocycles. The van der Waals surface area contributed by atoms with Gasteiger partial charge in [-0.1, -0.05) is 0 Å². The number of nitrogens with zero attached hydrogens (tertiary/aromatic N) is 2. The van der Waals surface area contributed by atoms with Crippen molar-refractivity contribution in [2.45, 2.75) is 0 Å². The Hall–Kier alpha value is -1.10. The highest BCUT2D eigenvalue weighted by Crippen LogP contribution is 2.19. The van der Waals surface area contributed by atoms with Gasteiger partial charge >= 0.3 is 5.97 Å². The zero-order valence-corrected chi connectivity index (χ0v) is 6.78. The Balaban J connectivity index is 3.15. The normalized spacial score (nSPS) is 8.73. The summed E-state index contributed by atoms with van der Waals surface area (Å²) in [6, 6.07) is 0. The van der Waals surface area contributed by atoms with Crippen molar-refractivity contribution >= 4 is 40.6 Å². The molecular weight excluding hydrogens is 184 g/mol. The highest BCUT2D eigenvalue weighted by Gasteiger charge is 2.11. The first-order chi connectivity index (χ1) is 5.25. The van der Waals surface area contributed by atoms with Crippen LogP contribution in [0.4, 0.5) is 5.69 Å². The molecule has 1 heterocycles. The number of carboxylic acids is 1. The lowest BCUT2D eigenvalue weighted by Gasteiger charge is -1.84. The molecule has 0 aliphatic heterocycles. The summed E-state index contributed by atoms with van der Waals surface area (Å²) in [6.07, 6.45) is 0. The Kier molecular flexibility index (Phi) is 2.43. The Morgan fingerprint density at radius 1 is 1.91 bits per heavy atom. The Labute approximate surface area is 71.4 Å². The number of hydrogen-bond donors (Lipinski definition) is 1. The number of rotatable bonds is 2. The molecule has 0 unspecified atom stereocenters. The first kappa shape index (κ1) is 8.00. The van der Waals surface area contributed by atoms with Gasteiger partial charge in [0.1, 0.15) is 5.69 Å². The van der Waals surface area contributed by atoms with Crippen molar-refractivity contribution in [1.29, 1.82) is 0 Å². The van der Waals surface area contributed by atoms with Crippen molar-refractivity contribution < 1.29 is 9.90 Å². The number of isothiocyanates is 1. The molecule has 0 atom stereocenters. The minimum Gasteiger partial charge on any atom is -0.476 e. The van der Waals surface area contributed by atoms with Crippen LogP contribution in [0.2, 0.25) is 0 Å². The van der Waals surface area contributed by atoms with Gasteiger partial charge in [0.2, 0.25) is 0 Å². The summed E-state index contributed by atoms with van der Waals surface area (Å²) in [5.74, 6) is -1.10. The van der Waals surface area contributed by atoms with Crippen LogP contribution in [0.5, 0.6) is 0 Å². The lowest BCUT2D eigenvalue weighted by Crippen LogP contribution is -1.95. The second-order valence-electron chi connectivity index (χ2n) is 1.56. The van der Waals surface area contributed by atoms with Crippen LogP contribution in [-0.2, 0) is 0 Å². The maximum atomic E-state index is 10.4. The molecule has 0 bridgehead atoms. The molecule has 1 N–H and O–H groups in total. The Morgan fingerprint density at radius 3 is 3.18 bits per heavy atom. The molecule has 0 saturated heterocycles. The molecule has 0 fully saturated rings. The lowest BCUT2D eigenvalue weighted by molar-refractivity contribution is 0.0693. The van der Waals surface area contributed by atoms with Crippen molar-refractivity contribution in [3.63, 3.8) is 0 Å². The van der Waals surface area contributed by atoms with Gasteiger partial charge in [0.25, 0.3) is 0 Å². The van der Waals surface area contributed by atoms with E-state index in [1.54, 1.807) is 0 Å². The van der Waals surface area contributed by atoms with Crippen molar-refractivity contribution in [2.24, 2.45) is 4.99 Å². The van der Waals surface area contributed by atoms with E-state index in [2.05, 4.69) is 26.7 Å². The molecule has 4 nitrogen and oxygen atoms in total. The van der Waals surface area contributed by atoms with Gasteiger partial charge in [-0.25, -0.2) is 4.79 Å². The van der Waals surface area contributed by atoms with Gasteiger partial charge in [0.15, 0.2) is 5.69 Å². The summed E-state index contributed by atoms with van der Waals surface area (Å²) >= 11 is 5.34. The molecule has 56 valence electrons. The fraction of sp³-hybridized carbons (Fsp3) is 0. The minimum atomic E-state index is -1.10. The van der Waals surface area contributed by atoms with Crippen LogP contribution in [0.3, 0.4) is 0 Å². The largest absolute Gasteiger partial charge is 0.476 e. The second-order valence-corrected chi connectivity index (χ2v) is 2.37. The van der Waals surface area contributed by atoms with E-state index in [0.29, 0.717) is 0 Å². The quantitative estimate of drug-likeness (QED) is 0.562. The van der Waals surface area contributed by atoms with Crippen molar-refractivity contribution in [1.82, 2.24) is 4.37 Å². The third-order valence-electron chi connectivity index (χ3n) is 0.920. The van der Waals surface area contributed by atoms with E-state index < -0.39 is 5.97 Å². The van der Waals surface area contributed by atoms with E-state index in [1.807, 2.05) is 0 Å². The number of hydrogen-bond acceptors (Lipinski definition) is 5. The Morgan fingerprint density at radius 2 is 2.64 bits per heavy atom. The fourth-order valence-electron chi connectivity index (χ4n) is 0.509. The van der Waals surface area contributed by atoms with Gasteiger partial charge in [0.05, 0.1) is 5.16 Å². The van der Waals surface area contributed by atoms with Crippen molar-refractivity contribution in [3.05, 3.63) is 11.1 Å². The van der Waals surface area contributed by atoms with Crippen LogP contribution in [0.15, 0.2) is 10.4 Å². The third-order valence-corrected chi connectivity index (χ3v) is 1.63. The zero-order chi connectivity index (χ0) is 8.27. The highest BCUT2D eigenvalue weighted by molar-refractivity contribution is 7.78. The summed E-state index contributed by atoms with van der Waals surface area (Å²) in [7, 11) is 0. The van der Waals surface area contributed by atoms with E-state index >= 15 is 0 Å². The molecular formula is C5H2N2O2S2. The fourth-order valence-corrected chi connectivity index (χ4v) is 1.20. The van der Waals surface area contributed by atoms with E-state index in [9.17, 15) is 4.79 Å². The van der Waals surface area contributed by atoms with Gasteiger partial charge in [-0.05, 0) is 23.8 Å². The number of aliphatic imine (C=N–C) groups is 1. The maximum absolute atomic E-state index is 10.4. The number of aromatic nitrogens is 1. The SMILES string of the molecule is O=C(O)c1nscc1N=C=S. The molecule has 0 saturated carbocycles. The maximum Gasteiger partial charge on any atom is 0.357 e. The standard InChI is InChI=1S/C5H2N2O2S2/c8-5(9)4-3(6-2-10)1-11-7-4/h1H,(H,8,9). The predicted octanol–water partition coefficient (Wildman–Crippen LogP) is 1.58. The summed E-state index contributed by atoms with van der Waals surface area (Å²) in [5, 5.41) is 12.1. The molecule has 0 amide bonds. The number of carbonyl (C=O) groups is 1. The van der Waals surface area contributed by atoms with E-state index in [1.165, 1.54) is 5.38 Å². The predicted molar refractivity (Wildman–Crippen MR) is 43.8 cm³/mol. The average molecular weight is 186 g/mol. The molecule has 0 spiro atoms. The van der Waals surface area contributed by atoms with E-state index in [4.69, 9.17) is 5.11 Å². The van der Waals surface area contributed by atoms with E-state index in [0.717, 1.165) is 11.5 Å². The van der Waals surface area contributed by atoms with Gasteiger partial charge < -0.3 is 5.11 Å².